The van der Waals surface area contributed by atoms with Crippen molar-refractivity contribution < 1.29 is 9.84 Å². The van der Waals surface area contributed by atoms with Crippen LogP contribution in [0.1, 0.15) is 32.4 Å². The van der Waals surface area contributed by atoms with Gasteiger partial charge >= 0.3 is 0 Å². The predicted molar refractivity (Wildman–Crippen MR) is 60.0 cm³/mol. The van der Waals surface area contributed by atoms with Crippen molar-refractivity contribution >= 4 is 11.6 Å². The van der Waals surface area contributed by atoms with Gasteiger partial charge in [-0.1, -0.05) is 23.7 Å². The maximum absolute atomic E-state index is 10.2. The molecule has 1 unspecified atom stereocenters. The fraction of sp³-hybridized carbons (Fsp3) is 0.500. The van der Waals surface area contributed by atoms with E-state index < -0.39 is 11.7 Å². The van der Waals surface area contributed by atoms with Gasteiger partial charge in [-0.05, 0) is 38.5 Å². The first kappa shape index (κ1) is 10.9. The standard InChI is InChI=1S/C12H15ClO2/c1-11(2)12(3,15-11)10(14)8-4-6-9(13)7-5-8/h4-7,10,14H,1-3H3/t10-,12?/m1/s1. The zero-order valence-corrected chi connectivity index (χ0v) is 9.88. The highest BCUT2D eigenvalue weighted by Gasteiger charge is 2.64. The number of hydrogen-bond donors (Lipinski definition) is 1. The summed E-state index contributed by atoms with van der Waals surface area (Å²) in [6.07, 6.45) is -0.607. The van der Waals surface area contributed by atoms with Gasteiger partial charge in [-0.3, -0.25) is 0 Å². The Morgan fingerprint density at radius 3 is 2.07 bits per heavy atom. The van der Waals surface area contributed by atoms with Gasteiger partial charge in [0.1, 0.15) is 11.7 Å². The van der Waals surface area contributed by atoms with Crippen molar-refractivity contribution in [2.45, 2.75) is 38.1 Å². The quantitative estimate of drug-likeness (QED) is 0.787. The Morgan fingerprint density at radius 1 is 1.20 bits per heavy atom. The molecule has 0 aromatic heterocycles. The fourth-order valence-electron chi connectivity index (χ4n) is 1.85. The molecule has 0 bridgehead atoms. The minimum atomic E-state index is -0.607. The van der Waals surface area contributed by atoms with E-state index in [0.29, 0.717) is 5.02 Å². The van der Waals surface area contributed by atoms with Crippen LogP contribution < -0.4 is 0 Å². The van der Waals surface area contributed by atoms with Crippen LogP contribution in [-0.2, 0) is 4.74 Å². The SMILES string of the molecule is CC1(C)OC1(C)[C@H](O)c1ccc(Cl)cc1. The topological polar surface area (TPSA) is 32.8 Å². The average molecular weight is 227 g/mol. The van der Waals surface area contributed by atoms with Gasteiger partial charge < -0.3 is 9.84 Å². The third-order valence-electron chi connectivity index (χ3n) is 3.33. The third-order valence-corrected chi connectivity index (χ3v) is 3.58. The van der Waals surface area contributed by atoms with E-state index in [2.05, 4.69) is 0 Å². The van der Waals surface area contributed by atoms with Crippen LogP contribution in [0, 0.1) is 0 Å². The molecule has 1 aliphatic rings. The van der Waals surface area contributed by atoms with Crippen LogP contribution in [0.2, 0.25) is 5.02 Å². The minimum Gasteiger partial charge on any atom is -0.385 e. The summed E-state index contributed by atoms with van der Waals surface area (Å²) in [4.78, 5) is 0. The van der Waals surface area contributed by atoms with E-state index in [9.17, 15) is 5.11 Å². The Labute approximate surface area is 94.8 Å². The lowest BCUT2D eigenvalue weighted by molar-refractivity contribution is 0.0849. The van der Waals surface area contributed by atoms with E-state index in [0.717, 1.165) is 5.56 Å². The van der Waals surface area contributed by atoms with Gasteiger partial charge in [0.15, 0.2) is 0 Å². The molecule has 15 heavy (non-hydrogen) atoms. The number of hydrogen-bond acceptors (Lipinski definition) is 2. The second-order valence-corrected chi connectivity index (χ2v) is 5.11. The first-order valence-corrected chi connectivity index (χ1v) is 5.38. The molecule has 2 rings (SSSR count). The summed E-state index contributed by atoms with van der Waals surface area (Å²) in [5, 5.41) is 10.9. The number of aliphatic hydroxyl groups excluding tert-OH is 1. The summed E-state index contributed by atoms with van der Waals surface area (Å²) in [6.45, 7) is 5.88. The summed E-state index contributed by atoms with van der Waals surface area (Å²) < 4.78 is 5.56. The van der Waals surface area contributed by atoms with Gasteiger partial charge in [0.2, 0.25) is 0 Å². The summed E-state index contributed by atoms with van der Waals surface area (Å²) in [5.74, 6) is 0. The van der Waals surface area contributed by atoms with Gasteiger partial charge in [0, 0.05) is 5.02 Å². The number of aliphatic hydroxyl groups is 1. The lowest BCUT2D eigenvalue weighted by atomic mass is 9.88. The molecule has 1 aromatic carbocycles. The Bertz CT molecular complexity index is 372. The Kier molecular flexibility index (Phi) is 2.34. The van der Waals surface area contributed by atoms with E-state index in [4.69, 9.17) is 16.3 Å². The molecule has 2 atom stereocenters. The summed E-state index contributed by atoms with van der Waals surface area (Å²) in [6, 6.07) is 7.21. The van der Waals surface area contributed by atoms with E-state index >= 15 is 0 Å². The maximum atomic E-state index is 10.2. The highest BCUT2D eigenvalue weighted by atomic mass is 35.5. The first-order valence-electron chi connectivity index (χ1n) is 5.00. The van der Waals surface area contributed by atoms with Crippen LogP contribution in [0.3, 0.4) is 0 Å². The van der Waals surface area contributed by atoms with E-state index in [1.54, 1.807) is 12.1 Å². The molecule has 0 radical (unpaired) electrons. The summed E-state index contributed by atoms with van der Waals surface area (Å²) in [7, 11) is 0. The Hall–Kier alpha value is -0.570. The molecule has 82 valence electrons. The zero-order chi connectivity index (χ0) is 11.3. The predicted octanol–water partition coefficient (Wildman–Crippen LogP) is 2.94. The van der Waals surface area contributed by atoms with E-state index in [1.165, 1.54) is 0 Å². The van der Waals surface area contributed by atoms with E-state index in [-0.39, 0.29) is 5.60 Å². The van der Waals surface area contributed by atoms with Crippen LogP contribution in [0.15, 0.2) is 24.3 Å². The minimum absolute atomic E-state index is 0.258. The molecule has 1 fully saturated rings. The largest absolute Gasteiger partial charge is 0.385 e. The first-order chi connectivity index (χ1) is 6.87. The second kappa shape index (κ2) is 3.21. The van der Waals surface area contributed by atoms with Crippen LogP contribution in [0.5, 0.6) is 0 Å². The molecule has 1 heterocycles. The lowest BCUT2D eigenvalue weighted by Crippen LogP contribution is -2.25. The summed E-state index contributed by atoms with van der Waals surface area (Å²) in [5.41, 5.74) is 0.0971. The molecule has 1 N–H and O–H groups in total. The Morgan fingerprint density at radius 2 is 1.67 bits per heavy atom. The molecule has 0 saturated carbocycles. The summed E-state index contributed by atoms with van der Waals surface area (Å²) >= 11 is 5.79. The Balaban J connectivity index is 2.23. The third kappa shape index (κ3) is 1.67. The van der Waals surface area contributed by atoms with Gasteiger partial charge in [-0.15, -0.1) is 0 Å². The van der Waals surface area contributed by atoms with Crippen molar-refractivity contribution in [1.29, 1.82) is 0 Å². The smallest absolute Gasteiger partial charge is 0.124 e. The second-order valence-electron chi connectivity index (χ2n) is 4.67. The molecule has 2 nitrogen and oxygen atoms in total. The molecule has 1 aliphatic heterocycles. The van der Waals surface area contributed by atoms with Gasteiger partial charge in [-0.25, -0.2) is 0 Å². The van der Waals surface area contributed by atoms with Crippen molar-refractivity contribution in [3.63, 3.8) is 0 Å². The molecule has 0 aliphatic carbocycles. The molecule has 0 amide bonds. The van der Waals surface area contributed by atoms with Crippen LogP contribution in [0.25, 0.3) is 0 Å². The fourth-order valence-corrected chi connectivity index (χ4v) is 1.98. The van der Waals surface area contributed by atoms with Gasteiger partial charge in [0.25, 0.3) is 0 Å². The van der Waals surface area contributed by atoms with Crippen molar-refractivity contribution in [2.75, 3.05) is 0 Å². The van der Waals surface area contributed by atoms with Gasteiger partial charge in [-0.2, -0.15) is 0 Å². The molecular weight excluding hydrogens is 212 g/mol. The van der Waals surface area contributed by atoms with Crippen molar-refractivity contribution in [1.82, 2.24) is 0 Å². The number of ether oxygens (including phenoxy) is 1. The van der Waals surface area contributed by atoms with Crippen molar-refractivity contribution in [3.8, 4) is 0 Å². The normalized spacial score (nSPS) is 29.9. The monoisotopic (exact) mass is 226 g/mol. The molecule has 1 saturated heterocycles. The van der Waals surface area contributed by atoms with Crippen molar-refractivity contribution in [2.24, 2.45) is 0 Å². The maximum Gasteiger partial charge on any atom is 0.124 e. The van der Waals surface area contributed by atoms with Crippen LogP contribution >= 0.6 is 11.6 Å². The molecule has 1 aromatic rings. The van der Waals surface area contributed by atoms with Crippen LogP contribution in [-0.4, -0.2) is 16.3 Å². The molecule has 3 heteroatoms. The zero-order valence-electron chi connectivity index (χ0n) is 9.12. The highest BCUT2D eigenvalue weighted by molar-refractivity contribution is 6.30. The number of epoxide rings is 1. The number of halogens is 1. The number of benzene rings is 1. The number of rotatable bonds is 2. The average Bonchev–Trinajstić information content (AvgIpc) is 2.67. The molecular formula is C12H15ClO2. The van der Waals surface area contributed by atoms with Gasteiger partial charge in [0.05, 0.1) is 5.60 Å². The highest BCUT2D eigenvalue weighted by Crippen LogP contribution is 2.54. The van der Waals surface area contributed by atoms with Crippen molar-refractivity contribution in [3.05, 3.63) is 34.9 Å². The van der Waals surface area contributed by atoms with Crippen LogP contribution in [0.4, 0.5) is 0 Å². The van der Waals surface area contributed by atoms with E-state index in [1.807, 2.05) is 32.9 Å². The molecule has 0 spiro atoms. The lowest BCUT2D eigenvalue weighted by Gasteiger charge is -2.17.